The van der Waals surface area contributed by atoms with Crippen LogP contribution in [0.15, 0.2) is 45.9 Å². The van der Waals surface area contributed by atoms with Crippen LogP contribution in [0.3, 0.4) is 0 Å². The number of nitrogens with one attached hydrogen (secondary N) is 2. The Morgan fingerprint density at radius 3 is 2.67 bits per heavy atom. The lowest BCUT2D eigenvalue weighted by Crippen LogP contribution is -2.44. The Balaban J connectivity index is 1.93. The molecular weight excluding hydrogens is 340 g/mol. The van der Waals surface area contributed by atoms with Gasteiger partial charge in [-0.3, -0.25) is 25.2 Å². The van der Waals surface area contributed by atoms with Crippen molar-refractivity contribution in [3.05, 3.63) is 57.2 Å². The quantitative estimate of drug-likeness (QED) is 0.784. The summed E-state index contributed by atoms with van der Waals surface area (Å²) < 4.78 is 3.62. The monoisotopic (exact) mass is 352 g/mol. The van der Waals surface area contributed by atoms with Gasteiger partial charge in [0.1, 0.15) is 12.2 Å². The van der Waals surface area contributed by atoms with Gasteiger partial charge in [-0.2, -0.15) is 0 Å². The summed E-state index contributed by atoms with van der Waals surface area (Å²) in [6.07, 6.45) is 3.22. The molecule has 0 spiro atoms. The second-order valence-electron chi connectivity index (χ2n) is 4.32. The Hall–Kier alpha value is -2.35. The number of hydrogen-bond acceptors (Lipinski definition) is 3. The van der Waals surface area contributed by atoms with E-state index in [1.165, 1.54) is 16.8 Å². The predicted molar refractivity (Wildman–Crippen MR) is 79.4 cm³/mol. The van der Waals surface area contributed by atoms with Gasteiger partial charge in [0.05, 0.1) is 0 Å². The highest BCUT2D eigenvalue weighted by Crippen LogP contribution is 2.13. The summed E-state index contributed by atoms with van der Waals surface area (Å²) in [6, 6.07) is 6.22. The Labute approximate surface area is 128 Å². The third kappa shape index (κ3) is 3.82. The zero-order chi connectivity index (χ0) is 15.4. The number of halogens is 1. The molecule has 0 atom stereocenters. The number of hydrogen-bond donors (Lipinski definition) is 2. The smallest absolute Gasteiger partial charge is 0.286 e. The summed E-state index contributed by atoms with van der Waals surface area (Å²) in [4.78, 5) is 35.0. The minimum Gasteiger partial charge on any atom is -0.345 e. The molecule has 8 heteroatoms. The molecule has 2 amide bonds. The van der Waals surface area contributed by atoms with Gasteiger partial charge in [-0.05, 0) is 28.1 Å². The first-order valence-corrected chi connectivity index (χ1v) is 6.83. The maximum absolute atomic E-state index is 11.9. The fourth-order valence-corrected chi connectivity index (χ4v) is 2.25. The van der Waals surface area contributed by atoms with Crippen molar-refractivity contribution in [2.24, 2.45) is 7.05 Å². The number of hydrazine groups is 1. The van der Waals surface area contributed by atoms with Crippen molar-refractivity contribution in [2.45, 2.75) is 6.54 Å². The molecule has 0 fully saturated rings. The van der Waals surface area contributed by atoms with E-state index >= 15 is 0 Å². The normalized spacial score (nSPS) is 10.2. The Bertz CT molecular complexity index is 735. The van der Waals surface area contributed by atoms with Crippen LogP contribution in [0.4, 0.5) is 0 Å². The van der Waals surface area contributed by atoms with E-state index in [4.69, 9.17) is 0 Å². The summed E-state index contributed by atoms with van der Waals surface area (Å²) in [5, 5.41) is 0. The molecule has 2 rings (SSSR count). The van der Waals surface area contributed by atoms with Crippen LogP contribution in [0.2, 0.25) is 0 Å². The van der Waals surface area contributed by atoms with Crippen molar-refractivity contribution >= 4 is 27.7 Å². The standard InChI is InChI=1S/C13H13BrN4O3/c1-17-7-9(14)6-10(17)13(21)16-15-11(19)8-18-5-3-2-4-12(18)20/h2-7H,8H2,1H3,(H,15,19)(H,16,21). The zero-order valence-corrected chi connectivity index (χ0v) is 12.8. The van der Waals surface area contributed by atoms with Gasteiger partial charge in [-0.15, -0.1) is 0 Å². The van der Waals surface area contributed by atoms with Crippen molar-refractivity contribution in [2.75, 3.05) is 0 Å². The number of carbonyl (C=O) groups excluding carboxylic acids is 2. The van der Waals surface area contributed by atoms with Crippen molar-refractivity contribution in [3.8, 4) is 0 Å². The van der Waals surface area contributed by atoms with E-state index in [9.17, 15) is 14.4 Å². The summed E-state index contributed by atoms with van der Waals surface area (Å²) in [6.45, 7) is -0.170. The van der Waals surface area contributed by atoms with Gasteiger partial charge >= 0.3 is 0 Å². The summed E-state index contributed by atoms with van der Waals surface area (Å²) in [5.74, 6) is -0.943. The first kappa shape index (κ1) is 15.0. The molecule has 0 saturated heterocycles. The molecule has 21 heavy (non-hydrogen) atoms. The van der Waals surface area contributed by atoms with Crippen LogP contribution >= 0.6 is 15.9 Å². The molecule has 7 nitrogen and oxygen atoms in total. The maximum atomic E-state index is 11.9. The predicted octanol–water partition coefficient (Wildman–Crippen LogP) is 0.410. The molecule has 0 unspecified atom stereocenters. The highest BCUT2D eigenvalue weighted by Gasteiger charge is 2.12. The van der Waals surface area contributed by atoms with Gasteiger partial charge in [0.25, 0.3) is 17.4 Å². The molecule has 2 heterocycles. The van der Waals surface area contributed by atoms with Crippen LogP contribution in [0.5, 0.6) is 0 Å². The molecule has 0 saturated carbocycles. The van der Waals surface area contributed by atoms with Gasteiger partial charge < -0.3 is 9.13 Å². The highest BCUT2D eigenvalue weighted by atomic mass is 79.9. The third-order valence-corrected chi connectivity index (χ3v) is 3.17. The van der Waals surface area contributed by atoms with E-state index in [-0.39, 0.29) is 12.1 Å². The molecule has 0 bridgehead atoms. The first-order chi connectivity index (χ1) is 9.97. The Morgan fingerprint density at radius 1 is 1.29 bits per heavy atom. The molecule has 0 aliphatic rings. The number of rotatable bonds is 3. The average molecular weight is 353 g/mol. The molecule has 110 valence electrons. The molecule has 0 aromatic carbocycles. The molecule has 0 aliphatic heterocycles. The molecule has 2 aromatic heterocycles. The minimum absolute atomic E-state index is 0.170. The number of pyridine rings is 1. The third-order valence-electron chi connectivity index (χ3n) is 2.73. The van der Waals surface area contributed by atoms with E-state index in [1.54, 1.807) is 36.0 Å². The highest BCUT2D eigenvalue weighted by molar-refractivity contribution is 9.10. The first-order valence-electron chi connectivity index (χ1n) is 6.04. The van der Waals surface area contributed by atoms with Crippen LogP contribution in [-0.4, -0.2) is 20.9 Å². The molecular formula is C13H13BrN4O3. The topological polar surface area (TPSA) is 85.1 Å². The Kier molecular flexibility index (Phi) is 4.59. The van der Waals surface area contributed by atoms with Crippen molar-refractivity contribution in [1.82, 2.24) is 20.0 Å². The number of nitrogens with zero attached hydrogens (tertiary/aromatic N) is 2. The van der Waals surface area contributed by atoms with Gasteiger partial charge in [-0.25, -0.2) is 0 Å². The minimum atomic E-state index is -0.495. The molecule has 0 aliphatic carbocycles. The van der Waals surface area contributed by atoms with E-state index in [0.29, 0.717) is 5.69 Å². The average Bonchev–Trinajstić information content (AvgIpc) is 2.78. The molecule has 2 N–H and O–H groups in total. The largest absolute Gasteiger partial charge is 0.345 e. The van der Waals surface area contributed by atoms with Crippen LogP contribution in [0.1, 0.15) is 10.5 Å². The maximum Gasteiger partial charge on any atom is 0.286 e. The van der Waals surface area contributed by atoms with Gasteiger partial charge in [0.2, 0.25) is 0 Å². The fourth-order valence-electron chi connectivity index (χ4n) is 1.73. The van der Waals surface area contributed by atoms with Gasteiger partial charge in [0, 0.05) is 30.0 Å². The lowest BCUT2D eigenvalue weighted by atomic mass is 10.4. The number of aromatic nitrogens is 2. The van der Waals surface area contributed by atoms with Gasteiger partial charge in [0.15, 0.2) is 0 Å². The van der Waals surface area contributed by atoms with E-state index in [0.717, 1.165) is 4.47 Å². The summed E-state index contributed by atoms with van der Waals surface area (Å²) in [5.41, 5.74) is 4.66. The summed E-state index contributed by atoms with van der Waals surface area (Å²) >= 11 is 3.26. The molecule has 0 radical (unpaired) electrons. The van der Waals surface area contributed by atoms with E-state index in [2.05, 4.69) is 26.8 Å². The second-order valence-corrected chi connectivity index (χ2v) is 5.24. The lowest BCUT2D eigenvalue weighted by Gasteiger charge is -2.09. The van der Waals surface area contributed by atoms with E-state index in [1.807, 2.05) is 0 Å². The van der Waals surface area contributed by atoms with Crippen LogP contribution in [0, 0.1) is 0 Å². The van der Waals surface area contributed by atoms with Crippen LogP contribution < -0.4 is 16.4 Å². The second kappa shape index (κ2) is 6.40. The van der Waals surface area contributed by atoms with E-state index < -0.39 is 11.8 Å². The summed E-state index contributed by atoms with van der Waals surface area (Å²) in [7, 11) is 1.71. The zero-order valence-electron chi connectivity index (χ0n) is 11.2. The number of carbonyl (C=O) groups is 2. The van der Waals surface area contributed by atoms with Crippen molar-refractivity contribution in [3.63, 3.8) is 0 Å². The number of aryl methyl sites for hydroxylation is 1. The van der Waals surface area contributed by atoms with Crippen molar-refractivity contribution in [1.29, 1.82) is 0 Å². The van der Waals surface area contributed by atoms with Gasteiger partial charge in [-0.1, -0.05) is 6.07 Å². The number of amides is 2. The molecule has 2 aromatic rings. The van der Waals surface area contributed by atoms with Crippen LogP contribution in [0.25, 0.3) is 0 Å². The lowest BCUT2D eigenvalue weighted by molar-refractivity contribution is -0.122. The van der Waals surface area contributed by atoms with Crippen molar-refractivity contribution < 1.29 is 9.59 Å². The van der Waals surface area contributed by atoms with Crippen LogP contribution in [-0.2, 0) is 18.4 Å². The fraction of sp³-hybridized carbons (Fsp3) is 0.154. The Morgan fingerprint density at radius 2 is 2.05 bits per heavy atom. The SMILES string of the molecule is Cn1cc(Br)cc1C(=O)NNC(=O)Cn1ccccc1=O.